The van der Waals surface area contributed by atoms with Crippen LogP contribution in [0.15, 0.2) is 42.5 Å². The average Bonchev–Trinajstić information content (AvgIpc) is 2.82. The van der Waals surface area contributed by atoms with Gasteiger partial charge >= 0.3 is 0 Å². The molecule has 198 valence electrons. The minimum Gasteiger partial charge on any atom is -0.354 e. The van der Waals surface area contributed by atoms with Crippen LogP contribution >= 0.6 is 0 Å². The summed E-state index contributed by atoms with van der Waals surface area (Å²) in [5.41, 5.74) is 4.60. The summed E-state index contributed by atoms with van der Waals surface area (Å²) in [4.78, 5) is 28.0. The summed E-state index contributed by atoms with van der Waals surface area (Å²) in [5, 5.41) is 2.92. The molecule has 2 amide bonds. The summed E-state index contributed by atoms with van der Waals surface area (Å²) in [6.45, 7) is 10.8. The maximum Gasteiger partial charge on any atom is 0.242 e. The molecular formula is C28H41N3O4S. The molecule has 0 fully saturated rings. The average molecular weight is 516 g/mol. The van der Waals surface area contributed by atoms with Crippen LogP contribution in [0.25, 0.3) is 0 Å². The third-order valence-electron chi connectivity index (χ3n) is 6.41. The molecule has 0 saturated carbocycles. The molecule has 0 aliphatic carbocycles. The topological polar surface area (TPSA) is 86.8 Å². The Morgan fingerprint density at radius 1 is 1.00 bits per heavy atom. The van der Waals surface area contributed by atoms with Gasteiger partial charge in [0.1, 0.15) is 6.04 Å². The van der Waals surface area contributed by atoms with Gasteiger partial charge in [-0.2, -0.15) is 0 Å². The maximum absolute atomic E-state index is 13.5. The van der Waals surface area contributed by atoms with Gasteiger partial charge in [-0.1, -0.05) is 55.8 Å². The van der Waals surface area contributed by atoms with E-state index in [1.165, 1.54) is 10.6 Å². The molecule has 0 radical (unpaired) electrons. The lowest BCUT2D eigenvalue weighted by atomic mass is 10.1. The molecule has 8 heteroatoms. The minimum absolute atomic E-state index is 0.139. The predicted molar refractivity (Wildman–Crippen MR) is 146 cm³/mol. The Morgan fingerprint density at radius 2 is 1.67 bits per heavy atom. The zero-order chi connectivity index (χ0) is 26.9. The molecule has 0 aliphatic heterocycles. The Kier molecular flexibility index (Phi) is 11.0. The predicted octanol–water partition coefficient (Wildman–Crippen LogP) is 4.49. The van der Waals surface area contributed by atoms with Crippen molar-refractivity contribution in [3.63, 3.8) is 0 Å². The summed E-state index contributed by atoms with van der Waals surface area (Å²) in [6.07, 6.45) is 2.97. The van der Waals surface area contributed by atoms with Crippen molar-refractivity contribution in [2.24, 2.45) is 0 Å². The van der Waals surface area contributed by atoms with E-state index >= 15 is 0 Å². The number of hydrogen-bond donors (Lipinski definition) is 1. The van der Waals surface area contributed by atoms with E-state index in [2.05, 4.69) is 5.32 Å². The van der Waals surface area contributed by atoms with E-state index in [4.69, 9.17) is 0 Å². The molecule has 2 aromatic carbocycles. The van der Waals surface area contributed by atoms with Gasteiger partial charge in [-0.05, 0) is 62.8 Å². The van der Waals surface area contributed by atoms with Gasteiger partial charge in [-0.15, -0.1) is 0 Å². The van der Waals surface area contributed by atoms with E-state index in [0.29, 0.717) is 31.6 Å². The normalized spacial score (nSPS) is 12.2. The van der Waals surface area contributed by atoms with Crippen molar-refractivity contribution >= 4 is 27.5 Å². The Morgan fingerprint density at radius 3 is 2.25 bits per heavy atom. The minimum atomic E-state index is -3.53. The van der Waals surface area contributed by atoms with Crippen LogP contribution < -0.4 is 9.62 Å². The van der Waals surface area contributed by atoms with Gasteiger partial charge in [-0.25, -0.2) is 8.42 Å². The largest absolute Gasteiger partial charge is 0.354 e. The van der Waals surface area contributed by atoms with Crippen LogP contribution in [0.5, 0.6) is 0 Å². The highest BCUT2D eigenvalue weighted by Gasteiger charge is 2.28. The van der Waals surface area contributed by atoms with Crippen molar-refractivity contribution in [2.45, 2.75) is 72.9 Å². The van der Waals surface area contributed by atoms with Crippen LogP contribution in [0.2, 0.25) is 0 Å². The summed E-state index contributed by atoms with van der Waals surface area (Å²) in [7, 11) is -3.53. The summed E-state index contributed by atoms with van der Waals surface area (Å²) in [5.74, 6) is -0.323. The standard InChI is InChI=1S/C28H41N3O4S/c1-7-18-29-28(33)25(8-2)30(20-24-16-14-21(3)15-17-24)27(32)13-10-19-31(36(6,34)35)26-12-9-11-22(4)23(26)5/h9,11-12,14-17,25H,7-8,10,13,18-20H2,1-6H3,(H,29,33)/t25-/m1/s1. The van der Waals surface area contributed by atoms with Gasteiger partial charge in [0.25, 0.3) is 0 Å². The second kappa shape index (κ2) is 13.4. The lowest BCUT2D eigenvalue weighted by Crippen LogP contribution is -2.49. The second-order valence-electron chi connectivity index (χ2n) is 9.38. The lowest BCUT2D eigenvalue weighted by molar-refractivity contribution is -0.141. The first-order valence-electron chi connectivity index (χ1n) is 12.7. The van der Waals surface area contributed by atoms with Crippen molar-refractivity contribution < 1.29 is 18.0 Å². The lowest BCUT2D eigenvalue weighted by Gasteiger charge is -2.31. The fraction of sp³-hybridized carbons (Fsp3) is 0.500. The summed E-state index contributed by atoms with van der Waals surface area (Å²) >= 11 is 0. The van der Waals surface area contributed by atoms with Crippen molar-refractivity contribution in [3.05, 3.63) is 64.7 Å². The second-order valence-corrected chi connectivity index (χ2v) is 11.3. The molecule has 0 aliphatic rings. The first-order chi connectivity index (χ1) is 17.0. The smallest absolute Gasteiger partial charge is 0.242 e. The summed E-state index contributed by atoms with van der Waals surface area (Å²) < 4.78 is 26.6. The molecule has 1 N–H and O–H groups in total. The third-order valence-corrected chi connectivity index (χ3v) is 7.59. The van der Waals surface area contributed by atoms with E-state index in [-0.39, 0.29) is 24.8 Å². The maximum atomic E-state index is 13.5. The van der Waals surface area contributed by atoms with Crippen molar-refractivity contribution in [1.82, 2.24) is 10.2 Å². The highest BCUT2D eigenvalue weighted by molar-refractivity contribution is 7.92. The molecular weight excluding hydrogens is 474 g/mol. The number of amides is 2. The molecule has 1 atom stereocenters. The monoisotopic (exact) mass is 515 g/mol. The molecule has 0 spiro atoms. The quantitative estimate of drug-likeness (QED) is 0.426. The Bertz CT molecular complexity index is 1130. The van der Waals surface area contributed by atoms with E-state index in [1.807, 2.05) is 71.0 Å². The number of rotatable bonds is 13. The molecule has 2 rings (SSSR count). The highest BCUT2D eigenvalue weighted by atomic mass is 32.2. The molecule has 7 nitrogen and oxygen atoms in total. The first kappa shape index (κ1) is 29.4. The molecule has 0 unspecified atom stereocenters. The molecule has 0 saturated heterocycles. The van der Waals surface area contributed by atoms with Crippen molar-refractivity contribution in [3.8, 4) is 0 Å². The van der Waals surface area contributed by atoms with Crippen LogP contribution in [-0.4, -0.2) is 50.5 Å². The van der Waals surface area contributed by atoms with Gasteiger partial charge in [0.05, 0.1) is 11.9 Å². The van der Waals surface area contributed by atoms with Crippen LogP contribution in [-0.2, 0) is 26.2 Å². The third kappa shape index (κ3) is 8.08. The molecule has 36 heavy (non-hydrogen) atoms. The summed E-state index contributed by atoms with van der Waals surface area (Å²) in [6, 6.07) is 12.9. The van der Waals surface area contributed by atoms with E-state index in [1.54, 1.807) is 11.0 Å². The van der Waals surface area contributed by atoms with Gasteiger partial charge < -0.3 is 10.2 Å². The number of carbonyl (C=O) groups excluding carboxylic acids is 2. The number of benzene rings is 2. The molecule has 0 bridgehead atoms. The van der Waals surface area contributed by atoms with Gasteiger partial charge in [0.2, 0.25) is 21.8 Å². The number of nitrogens with zero attached hydrogens (tertiary/aromatic N) is 2. The number of nitrogens with one attached hydrogen (secondary N) is 1. The Balaban J connectivity index is 2.23. The molecule has 2 aromatic rings. The van der Waals surface area contributed by atoms with Crippen LogP contribution in [0.3, 0.4) is 0 Å². The van der Waals surface area contributed by atoms with Gasteiger partial charge in [-0.3, -0.25) is 13.9 Å². The number of hydrogen-bond acceptors (Lipinski definition) is 4. The highest BCUT2D eigenvalue weighted by Crippen LogP contribution is 2.25. The van der Waals surface area contributed by atoms with E-state index in [0.717, 1.165) is 28.7 Å². The van der Waals surface area contributed by atoms with Crippen LogP contribution in [0, 0.1) is 20.8 Å². The number of carbonyl (C=O) groups is 2. The molecule has 0 heterocycles. The van der Waals surface area contributed by atoms with Crippen LogP contribution in [0.1, 0.15) is 61.8 Å². The number of sulfonamides is 1. The van der Waals surface area contributed by atoms with Gasteiger partial charge in [0.15, 0.2) is 0 Å². The van der Waals surface area contributed by atoms with Crippen LogP contribution in [0.4, 0.5) is 5.69 Å². The number of anilines is 1. The zero-order valence-corrected chi connectivity index (χ0v) is 23.3. The Labute approximate surface area is 216 Å². The fourth-order valence-electron chi connectivity index (χ4n) is 4.16. The zero-order valence-electron chi connectivity index (χ0n) is 22.5. The van der Waals surface area contributed by atoms with Crippen molar-refractivity contribution in [2.75, 3.05) is 23.7 Å². The Hall–Kier alpha value is -2.87. The SMILES string of the molecule is CCCNC(=O)[C@@H](CC)N(Cc1ccc(C)cc1)C(=O)CCCN(c1cccc(C)c1C)S(C)(=O)=O. The molecule has 0 aromatic heterocycles. The van der Waals surface area contributed by atoms with E-state index in [9.17, 15) is 18.0 Å². The van der Waals surface area contributed by atoms with E-state index < -0.39 is 16.1 Å². The first-order valence-corrected chi connectivity index (χ1v) is 14.5. The van der Waals surface area contributed by atoms with Crippen molar-refractivity contribution in [1.29, 1.82) is 0 Å². The van der Waals surface area contributed by atoms with Gasteiger partial charge in [0, 0.05) is 26.1 Å². The number of aryl methyl sites for hydroxylation is 2. The fourth-order valence-corrected chi connectivity index (χ4v) is 5.18.